The number of carboxylic acids is 1. The van der Waals surface area contributed by atoms with Crippen molar-refractivity contribution in [1.29, 1.82) is 0 Å². The Labute approximate surface area is 282 Å². The van der Waals surface area contributed by atoms with Crippen molar-refractivity contribution in [3.63, 3.8) is 0 Å². The molecule has 0 aliphatic rings. The summed E-state index contributed by atoms with van der Waals surface area (Å²) in [6, 6.07) is 23.0. The highest BCUT2D eigenvalue weighted by atomic mass is 16.5. The number of aromatic hydroxyl groups is 2. The molecule has 5 aromatic rings. The van der Waals surface area contributed by atoms with E-state index in [0.717, 1.165) is 27.8 Å². The predicted octanol–water partition coefficient (Wildman–Crippen LogP) is 6.56. The Balaban J connectivity index is 0.000000244. The molecule has 252 valence electrons. The molecule has 3 aromatic carbocycles. The van der Waals surface area contributed by atoms with Crippen LogP contribution in [0.25, 0.3) is 0 Å². The molecule has 0 saturated heterocycles. The van der Waals surface area contributed by atoms with Crippen LogP contribution in [0.2, 0.25) is 0 Å². The molecule has 1 amide bonds. The van der Waals surface area contributed by atoms with Crippen LogP contribution in [-0.2, 0) is 16.1 Å². The second-order valence-corrected chi connectivity index (χ2v) is 10.8. The minimum atomic E-state index is -1.28. The lowest BCUT2D eigenvalue weighted by atomic mass is 10.1. The summed E-state index contributed by atoms with van der Waals surface area (Å²) in [5, 5.41) is 30.9. The number of amides is 1. The number of nitrogens with one attached hydrogen (secondary N) is 1. The lowest BCUT2D eigenvalue weighted by Gasteiger charge is -2.11. The molecule has 4 N–H and O–H groups in total. The first-order valence-corrected chi connectivity index (χ1v) is 15.0. The van der Waals surface area contributed by atoms with Gasteiger partial charge in [-0.3, -0.25) is 9.59 Å². The highest BCUT2D eigenvalue weighted by Crippen LogP contribution is 2.30. The van der Waals surface area contributed by atoms with E-state index in [4.69, 9.17) is 19.3 Å². The molecule has 2 aromatic heterocycles. The van der Waals surface area contributed by atoms with E-state index in [-0.39, 0.29) is 30.3 Å². The molecule has 49 heavy (non-hydrogen) atoms. The third kappa shape index (κ3) is 9.78. The van der Waals surface area contributed by atoms with E-state index in [1.165, 1.54) is 24.5 Å². The average Bonchev–Trinajstić information content (AvgIpc) is 3.07. The molecular weight excluding hydrogens is 630 g/mol. The van der Waals surface area contributed by atoms with Crippen LogP contribution in [-0.4, -0.2) is 49.7 Å². The van der Waals surface area contributed by atoms with Gasteiger partial charge in [-0.15, -0.1) is 0 Å². The number of nitrogens with zero attached hydrogens (tertiary/aromatic N) is 2. The minimum absolute atomic E-state index is 0.115. The first-order chi connectivity index (χ1) is 23.4. The van der Waals surface area contributed by atoms with Gasteiger partial charge in [0.2, 0.25) is 0 Å². The van der Waals surface area contributed by atoms with E-state index in [2.05, 4.69) is 15.3 Å². The SMILES string of the molecule is Cc1cccc(Oc2cnc(C(=O)NCC(=O)OCc3ccccc3)c(O)c2)c1C.Cc1cccc(Oc2cnc(C(=O)O)c(O)c2)c1C. The van der Waals surface area contributed by atoms with Crippen LogP contribution in [0.15, 0.2) is 91.3 Å². The van der Waals surface area contributed by atoms with Crippen LogP contribution < -0.4 is 14.8 Å². The molecule has 12 heteroatoms. The maximum Gasteiger partial charge on any atom is 0.358 e. The molecule has 0 saturated carbocycles. The summed E-state index contributed by atoms with van der Waals surface area (Å²) in [6.45, 7) is 7.55. The molecule has 0 fully saturated rings. The van der Waals surface area contributed by atoms with Gasteiger partial charge in [-0.25, -0.2) is 14.8 Å². The predicted molar refractivity (Wildman–Crippen MR) is 179 cm³/mol. The maximum atomic E-state index is 12.2. The zero-order valence-corrected chi connectivity index (χ0v) is 27.3. The number of carboxylic acid groups (broad SMARTS) is 1. The highest BCUT2D eigenvalue weighted by molar-refractivity contribution is 5.96. The topological polar surface area (TPSA) is 177 Å². The number of benzene rings is 3. The van der Waals surface area contributed by atoms with Crippen molar-refractivity contribution < 1.29 is 43.9 Å². The van der Waals surface area contributed by atoms with Crippen LogP contribution in [0.1, 0.15) is 48.8 Å². The highest BCUT2D eigenvalue weighted by Gasteiger charge is 2.17. The lowest BCUT2D eigenvalue weighted by molar-refractivity contribution is -0.143. The average molecular weight is 666 g/mol. The summed E-state index contributed by atoms with van der Waals surface area (Å²) in [6.07, 6.45) is 2.61. The molecule has 0 spiro atoms. The van der Waals surface area contributed by atoms with Crippen molar-refractivity contribution in [3.05, 3.63) is 130 Å². The third-order valence-electron chi connectivity index (χ3n) is 7.30. The number of hydrogen-bond donors (Lipinski definition) is 4. The van der Waals surface area contributed by atoms with Crippen LogP contribution in [0.5, 0.6) is 34.5 Å². The van der Waals surface area contributed by atoms with E-state index >= 15 is 0 Å². The van der Waals surface area contributed by atoms with Gasteiger partial charge < -0.3 is 34.8 Å². The van der Waals surface area contributed by atoms with Crippen molar-refractivity contribution >= 4 is 17.8 Å². The van der Waals surface area contributed by atoms with Gasteiger partial charge in [-0.1, -0.05) is 54.6 Å². The molecular formula is C37H35N3O9. The fourth-order valence-electron chi connectivity index (χ4n) is 4.27. The summed E-state index contributed by atoms with van der Waals surface area (Å²) in [7, 11) is 0. The Morgan fingerprint density at radius 2 is 1.20 bits per heavy atom. The van der Waals surface area contributed by atoms with Gasteiger partial charge in [0, 0.05) is 12.1 Å². The zero-order chi connectivity index (χ0) is 35.5. The second kappa shape index (κ2) is 16.4. The van der Waals surface area contributed by atoms with Gasteiger partial charge in [0.05, 0.1) is 12.4 Å². The van der Waals surface area contributed by atoms with Crippen LogP contribution >= 0.6 is 0 Å². The smallest absolute Gasteiger partial charge is 0.358 e. The van der Waals surface area contributed by atoms with Crippen LogP contribution in [0.3, 0.4) is 0 Å². The fraction of sp³-hybridized carbons (Fsp3) is 0.162. The number of aryl methyl sites for hydroxylation is 2. The van der Waals surface area contributed by atoms with Gasteiger partial charge in [-0.2, -0.15) is 0 Å². The van der Waals surface area contributed by atoms with Gasteiger partial charge in [0.15, 0.2) is 22.9 Å². The second-order valence-electron chi connectivity index (χ2n) is 10.8. The van der Waals surface area contributed by atoms with E-state index < -0.39 is 29.3 Å². The van der Waals surface area contributed by atoms with Crippen molar-refractivity contribution in [2.24, 2.45) is 0 Å². The van der Waals surface area contributed by atoms with Crippen LogP contribution in [0, 0.1) is 27.7 Å². The molecule has 0 aliphatic heterocycles. The number of carbonyl (C=O) groups excluding carboxylic acids is 2. The summed E-state index contributed by atoms with van der Waals surface area (Å²) in [4.78, 5) is 42.4. The molecule has 0 bridgehead atoms. The van der Waals surface area contributed by atoms with Crippen LogP contribution in [0.4, 0.5) is 0 Å². The van der Waals surface area contributed by atoms with Gasteiger partial charge >= 0.3 is 11.9 Å². The quantitative estimate of drug-likeness (QED) is 0.119. The number of aromatic nitrogens is 2. The summed E-state index contributed by atoms with van der Waals surface area (Å²) >= 11 is 0. The Bertz CT molecular complexity index is 1960. The number of aromatic carboxylic acids is 1. The normalized spacial score (nSPS) is 10.3. The minimum Gasteiger partial charge on any atom is -0.505 e. The molecule has 5 rings (SSSR count). The number of rotatable bonds is 10. The third-order valence-corrected chi connectivity index (χ3v) is 7.30. The largest absolute Gasteiger partial charge is 0.505 e. The Morgan fingerprint density at radius 3 is 1.69 bits per heavy atom. The maximum absolute atomic E-state index is 12.2. The number of carbonyl (C=O) groups is 3. The molecule has 12 nitrogen and oxygen atoms in total. The van der Waals surface area contributed by atoms with E-state index in [0.29, 0.717) is 17.2 Å². The first-order valence-electron chi connectivity index (χ1n) is 15.0. The Morgan fingerprint density at radius 1 is 0.694 bits per heavy atom. The summed E-state index contributed by atoms with van der Waals surface area (Å²) in [5.41, 5.74) is 4.33. The number of pyridine rings is 2. The zero-order valence-electron chi connectivity index (χ0n) is 27.3. The van der Waals surface area contributed by atoms with Crippen molar-refractivity contribution in [2.45, 2.75) is 34.3 Å². The van der Waals surface area contributed by atoms with Crippen molar-refractivity contribution in [3.8, 4) is 34.5 Å². The number of ether oxygens (including phenoxy) is 3. The molecule has 0 atom stereocenters. The van der Waals surface area contributed by atoms with Crippen molar-refractivity contribution in [2.75, 3.05) is 6.54 Å². The number of esters is 1. The molecule has 0 unspecified atom stereocenters. The summed E-state index contributed by atoms with van der Waals surface area (Å²) < 4.78 is 16.4. The monoisotopic (exact) mass is 665 g/mol. The standard InChI is InChI=1S/C23H22N2O5.C14H13NO4/c1-15-7-6-10-20(16(15)2)30-18-11-19(26)22(24-12-18)23(28)25-13-21(27)29-14-17-8-4-3-5-9-17;1-8-4-3-5-12(9(8)2)19-10-6-11(16)13(14(17)18)15-7-10/h3-12,26H,13-14H2,1-2H3,(H,25,28);3-7,16H,1-2H3,(H,17,18). The van der Waals surface area contributed by atoms with Gasteiger partial charge in [0.1, 0.15) is 36.1 Å². The number of hydrogen-bond acceptors (Lipinski definition) is 10. The fourth-order valence-corrected chi connectivity index (χ4v) is 4.27. The summed E-state index contributed by atoms with van der Waals surface area (Å²) in [5.74, 6) is -1.49. The Kier molecular flexibility index (Phi) is 11.9. The molecule has 0 radical (unpaired) electrons. The van der Waals surface area contributed by atoms with E-state index in [9.17, 15) is 24.6 Å². The van der Waals surface area contributed by atoms with E-state index in [1.54, 1.807) is 12.1 Å². The van der Waals surface area contributed by atoms with Gasteiger partial charge in [0.25, 0.3) is 5.91 Å². The van der Waals surface area contributed by atoms with E-state index in [1.807, 2.05) is 82.3 Å². The van der Waals surface area contributed by atoms with Crippen molar-refractivity contribution in [1.82, 2.24) is 15.3 Å². The van der Waals surface area contributed by atoms with Gasteiger partial charge in [-0.05, 0) is 67.6 Å². The first kappa shape index (κ1) is 35.4. The molecule has 0 aliphatic carbocycles. The Hall–Kier alpha value is -6.43. The lowest BCUT2D eigenvalue weighted by Crippen LogP contribution is -2.31. The molecule has 2 heterocycles.